The molecule has 3 aromatic rings. The fourth-order valence-corrected chi connectivity index (χ4v) is 2.86. The fourth-order valence-electron chi connectivity index (χ4n) is 2.86. The molecule has 30 heavy (non-hydrogen) atoms. The molecule has 0 aliphatic carbocycles. The Hall–Kier alpha value is -3.02. The Bertz CT molecular complexity index is 992. The molecule has 1 aromatic heterocycles. The molecule has 0 radical (unpaired) electrons. The largest absolute Gasteiger partial charge is 0.489 e. The lowest BCUT2D eigenvalue weighted by molar-refractivity contribution is 0.229. The number of halogens is 2. The summed E-state index contributed by atoms with van der Waals surface area (Å²) in [6, 6.07) is 7.57. The molecule has 6 heteroatoms. The number of hydrogen-bond donors (Lipinski definition) is 0. The van der Waals surface area contributed by atoms with Gasteiger partial charge in [-0.15, -0.1) is 0 Å². The second-order valence-electron chi connectivity index (χ2n) is 7.95. The third-order valence-corrected chi connectivity index (χ3v) is 4.31. The van der Waals surface area contributed by atoms with Crippen LogP contribution in [0, 0.1) is 23.5 Å². The van der Waals surface area contributed by atoms with E-state index in [0.29, 0.717) is 47.8 Å². The van der Waals surface area contributed by atoms with E-state index in [9.17, 15) is 4.39 Å². The van der Waals surface area contributed by atoms with Crippen LogP contribution in [0.1, 0.15) is 27.7 Å². The zero-order valence-electron chi connectivity index (χ0n) is 17.7. The van der Waals surface area contributed by atoms with Crippen molar-refractivity contribution in [3.63, 3.8) is 0 Å². The molecule has 0 aliphatic heterocycles. The van der Waals surface area contributed by atoms with Gasteiger partial charge < -0.3 is 9.47 Å². The van der Waals surface area contributed by atoms with Gasteiger partial charge in [0.1, 0.15) is 11.6 Å². The van der Waals surface area contributed by atoms with Crippen molar-refractivity contribution in [2.24, 2.45) is 11.8 Å². The van der Waals surface area contributed by atoms with Gasteiger partial charge in [0.25, 0.3) is 0 Å². The molecule has 4 nitrogen and oxygen atoms in total. The van der Waals surface area contributed by atoms with Crippen LogP contribution in [0.4, 0.5) is 8.78 Å². The van der Waals surface area contributed by atoms with Gasteiger partial charge in [0, 0.05) is 18.0 Å². The Morgan fingerprint density at radius 3 is 2.20 bits per heavy atom. The summed E-state index contributed by atoms with van der Waals surface area (Å²) in [6.07, 6.45) is 4.41. The van der Waals surface area contributed by atoms with E-state index >= 15 is 4.39 Å². The number of rotatable bonds is 8. The summed E-state index contributed by atoms with van der Waals surface area (Å²) < 4.78 is 41.7. The Labute approximate surface area is 175 Å². The molecule has 158 valence electrons. The van der Waals surface area contributed by atoms with Crippen LogP contribution in [0.2, 0.25) is 0 Å². The van der Waals surface area contributed by atoms with Crippen LogP contribution < -0.4 is 9.47 Å². The quantitative estimate of drug-likeness (QED) is 0.445. The molecule has 0 saturated carbocycles. The number of hydrogen-bond acceptors (Lipinski definition) is 4. The molecule has 0 spiro atoms. The normalized spacial score (nSPS) is 11.2. The molecular formula is C24H26F2N2O2. The first-order valence-electron chi connectivity index (χ1n) is 10.0. The van der Waals surface area contributed by atoms with E-state index in [-0.39, 0.29) is 11.1 Å². The molecule has 1 heterocycles. The Kier molecular flexibility index (Phi) is 6.98. The topological polar surface area (TPSA) is 44.2 Å². The second-order valence-corrected chi connectivity index (χ2v) is 7.95. The summed E-state index contributed by atoms with van der Waals surface area (Å²) >= 11 is 0. The zero-order valence-corrected chi connectivity index (χ0v) is 17.7. The lowest BCUT2D eigenvalue weighted by Crippen LogP contribution is -2.09. The van der Waals surface area contributed by atoms with E-state index in [0.717, 1.165) is 0 Å². The Balaban J connectivity index is 2.05. The first kappa shape index (κ1) is 21.7. The van der Waals surface area contributed by atoms with E-state index in [2.05, 4.69) is 9.97 Å². The van der Waals surface area contributed by atoms with Crippen molar-refractivity contribution < 1.29 is 18.3 Å². The maximum Gasteiger partial charge on any atom is 0.161 e. The van der Waals surface area contributed by atoms with Gasteiger partial charge in [0.2, 0.25) is 0 Å². The molecule has 3 rings (SSSR count). The van der Waals surface area contributed by atoms with Crippen molar-refractivity contribution in [1.29, 1.82) is 0 Å². The Morgan fingerprint density at radius 1 is 0.867 bits per heavy atom. The van der Waals surface area contributed by atoms with E-state index in [1.54, 1.807) is 18.2 Å². The summed E-state index contributed by atoms with van der Waals surface area (Å²) in [4.78, 5) is 8.09. The van der Waals surface area contributed by atoms with Crippen molar-refractivity contribution in [1.82, 2.24) is 9.97 Å². The van der Waals surface area contributed by atoms with Crippen LogP contribution in [-0.4, -0.2) is 23.2 Å². The molecule has 2 aromatic carbocycles. The van der Waals surface area contributed by atoms with Crippen molar-refractivity contribution >= 4 is 0 Å². The zero-order chi connectivity index (χ0) is 21.7. The highest BCUT2D eigenvalue weighted by atomic mass is 19.1. The summed E-state index contributed by atoms with van der Waals surface area (Å²) in [7, 11) is 0. The smallest absolute Gasteiger partial charge is 0.161 e. The average molecular weight is 412 g/mol. The molecule has 0 N–H and O–H groups in total. The first-order chi connectivity index (χ1) is 14.4. The number of ether oxygens (including phenoxy) is 2. The van der Waals surface area contributed by atoms with Gasteiger partial charge in [-0.05, 0) is 41.7 Å². The molecule has 0 atom stereocenters. The molecule has 0 bridgehead atoms. The number of nitrogens with zero attached hydrogens (tertiary/aromatic N) is 2. The van der Waals surface area contributed by atoms with E-state index in [1.807, 2.05) is 27.7 Å². The lowest BCUT2D eigenvalue weighted by atomic mass is 9.99. The number of benzene rings is 2. The SMILES string of the molecule is CC(C)COc1ccc(-c2c(F)ccc(-c3cnccn3)c2F)cc1OCC(C)C. The van der Waals surface area contributed by atoms with Crippen molar-refractivity contribution in [3.05, 3.63) is 60.6 Å². The minimum Gasteiger partial charge on any atom is -0.489 e. The maximum absolute atomic E-state index is 15.3. The minimum atomic E-state index is -0.693. The summed E-state index contributed by atoms with van der Waals surface area (Å²) in [5.74, 6) is 0.290. The van der Waals surface area contributed by atoms with Gasteiger partial charge >= 0.3 is 0 Å². The highest BCUT2D eigenvalue weighted by Gasteiger charge is 2.19. The van der Waals surface area contributed by atoms with Gasteiger partial charge in [-0.1, -0.05) is 33.8 Å². The fraction of sp³-hybridized carbons (Fsp3) is 0.333. The van der Waals surface area contributed by atoms with Crippen LogP contribution in [0.25, 0.3) is 22.4 Å². The van der Waals surface area contributed by atoms with Crippen LogP contribution in [-0.2, 0) is 0 Å². The van der Waals surface area contributed by atoms with Crippen molar-refractivity contribution in [2.75, 3.05) is 13.2 Å². The second kappa shape index (κ2) is 9.65. The van der Waals surface area contributed by atoms with E-state index < -0.39 is 11.6 Å². The number of aromatic nitrogens is 2. The molecule has 0 saturated heterocycles. The first-order valence-corrected chi connectivity index (χ1v) is 10.0. The minimum absolute atomic E-state index is 0.136. The summed E-state index contributed by atoms with van der Waals surface area (Å²) in [5, 5.41) is 0. The van der Waals surface area contributed by atoms with Gasteiger partial charge in [-0.25, -0.2) is 8.78 Å². The van der Waals surface area contributed by atoms with E-state index in [4.69, 9.17) is 9.47 Å². The van der Waals surface area contributed by atoms with Crippen LogP contribution in [0.15, 0.2) is 48.9 Å². The summed E-state index contributed by atoms with van der Waals surface area (Å²) in [6.45, 7) is 9.14. The molecule has 0 aliphatic rings. The molecular weight excluding hydrogens is 386 g/mol. The van der Waals surface area contributed by atoms with Gasteiger partial charge in [-0.3, -0.25) is 9.97 Å². The van der Waals surface area contributed by atoms with Gasteiger partial charge in [-0.2, -0.15) is 0 Å². The standard InChI is InChI=1S/C24H26F2N2O2/c1-15(2)13-29-21-8-5-17(11-22(21)30-14-16(3)4)23-19(25)7-6-18(24(23)26)20-12-27-9-10-28-20/h5-12,15-16H,13-14H2,1-4H3. The monoisotopic (exact) mass is 412 g/mol. The van der Waals surface area contributed by atoms with Gasteiger partial charge in [0.05, 0.1) is 30.7 Å². The van der Waals surface area contributed by atoms with Crippen LogP contribution in [0.3, 0.4) is 0 Å². The molecule has 0 fully saturated rings. The van der Waals surface area contributed by atoms with Crippen molar-refractivity contribution in [2.45, 2.75) is 27.7 Å². The predicted molar refractivity (Wildman–Crippen MR) is 113 cm³/mol. The van der Waals surface area contributed by atoms with Crippen LogP contribution in [0.5, 0.6) is 11.5 Å². The van der Waals surface area contributed by atoms with E-state index in [1.165, 1.54) is 30.7 Å². The lowest BCUT2D eigenvalue weighted by Gasteiger charge is -2.17. The highest BCUT2D eigenvalue weighted by Crippen LogP contribution is 2.37. The maximum atomic E-state index is 15.3. The van der Waals surface area contributed by atoms with Crippen molar-refractivity contribution in [3.8, 4) is 33.9 Å². The van der Waals surface area contributed by atoms with Gasteiger partial charge in [0.15, 0.2) is 11.5 Å². The average Bonchev–Trinajstić information content (AvgIpc) is 2.72. The highest BCUT2D eigenvalue weighted by molar-refractivity contribution is 5.74. The molecule has 0 amide bonds. The molecule has 0 unspecified atom stereocenters. The predicted octanol–water partition coefficient (Wildman–Crippen LogP) is 6.16. The summed E-state index contributed by atoms with van der Waals surface area (Å²) in [5.41, 5.74) is 0.753. The van der Waals surface area contributed by atoms with Crippen LogP contribution >= 0.6 is 0 Å². The third kappa shape index (κ3) is 5.12. The third-order valence-electron chi connectivity index (χ3n) is 4.31. The Morgan fingerprint density at radius 2 is 1.57 bits per heavy atom.